The second kappa shape index (κ2) is 7.58. The molecule has 20 heavy (non-hydrogen) atoms. The van der Waals surface area contributed by atoms with Crippen molar-refractivity contribution in [1.82, 2.24) is 9.80 Å². The first-order chi connectivity index (χ1) is 9.70. The summed E-state index contributed by atoms with van der Waals surface area (Å²) in [7, 11) is 0. The lowest BCUT2D eigenvalue weighted by Gasteiger charge is -2.36. The molecule has 6 nitrogen and oxygen atoms in total. The molecule has 2 fully saturated rings. The second-order valence-corrected chi connectivity index (χ2v) is 5.61. The van der Waals surface area contributed by atoms with Crippen molar-refractivity contribution in [1.29, 1.82) is 5.26 Å². The molecule has 1 amide bonds. The number of primary amides is 1. The zero-order valence-corrected chi connectivity index (χ0v) is 12.0. The number of amides is 1. The first-order valence-corrected chi connectivity index (χ1v) is 7.44. The fraction of sp³-hybridized carbons (Fsp3) is 0.857. The second-order valence-electron chi connectivity index (χ2n) is 5.61. The van der Waals surface area contributed by atoms with Gasteiger partial charge in [0.05, 0.1) is 25.3 Å². The summed E-state index contributed by atoms with van der Waals surface area (Å²) < 4.78 is 5.32. The van der Waals surface area contributed by atoms with Crippen LogP contribution in [0.15, 0.2) is 0 Å². The minimum absolute atomic E-state index is 0.0250. The molecule has 0 aliphatic carbocycles. The van der Waals surface area contributed by atoms with Crippen molar-refractivity contribution in [3.63, 3.8) is 0 Å². The molecule has 2 aliphatic rings. The van der Waals surface area contributed by atoms with Crippen molar-refractivity contribution in [2.24, 2.45) is 11.7 Å². The van der Waals surface area contributed by atoms with E-state index in [4.69, 9.17) is 15.7 Å². The van der Waals surface area contributed by atoms with E-state index in [-0.39, 0.29) is 17.9 Å². The van der Waals surface area contributed by atoms with Gasteiger partial charge in [0.1, 0.15) is 0 Å². The largest absolute Gasteiger partial charge is 0.379 e. The van der Waals surface area contributed by atoms with Gasteiger partial charge in [0.15, 0.2) is 0 Å². The van der Waals surface area contributed by atoms with Crippen molar-refractivity contribution >= 4 is 5.91 Å². The van der Waals surface area contributed by atoms with Crippen molar-refractivity contribution in [3.8, 4) is 6.07 Å². The molecule has 2 saturated heterocycles. The Morgan fingerprint density at radius 1 is 1.30 bits per heavy atom. The van der Waals surface area contributed by atoms with Gasteiger partial charge in [-0.3, -0.25) is 14.6 Å². The summed E-state index contributed by atoms with van der Waals surface area (Å²) in [5.74, 6) is -0.320. The van der Waals surface area contributed by atoms with Crippen LogP contribution in [0.4, 0.5) is 0 Å². The number of piperidine rings is 1. The molecule has 6 heteroatoms. The van der Waals surface area contributed by atoms with Crippen molar-refractivity contribution in [2.75, 3.05) is 45.9 Å². The van der Waals surface area contributed by atoms with E-state index in [1.165, 1.54) is 0 Å². The zero-order chi connectivity index (χ0) is 14.4. The highest BCUT2D eigenvalue weighted by molar-refractivity contribution is 5.80. The van der Waals surface area contributed by atoms with Crippen LogP contribution in [-0.2, 0) is 9.53 Å². The quantitative estimate of drug-likeness (QED) is 0.754. The molecule has 0 aromatic rings. The predicted octanol–water partition coefficient (Wildman–Crippen LogP) is -0.202. The van der Waals surface area contributed by atoms with Gasteiger partial charge in [-0.2, -0.15) is 5.26 Å². The molecule has 2 aliphatic heterocycles. The van der Waals surface area contributed by atoms with Crippen molar-refractivity contribution < 1.29 is 9.53 Å². The van der Waals surface area contributed by atoms with Crippen LogP contribution in [0.3, 0.4) is 0 Å². The van der Waals surface area contributed by atoms with Crippen LogP contribution < -0.4 is 5.73 Å². The van der Waals surface area contributed by atoms with Gasteiger partial charge in [-0.05, 0) is 25.8 Å². The molecule has 0 aromatic heterocycles. The topological polar surface area (TPSA) is 82.6 Å². The number of nitrogens with zero attached hydrogens (tertiary/aromatic N) is 3. The zero-order valence-electron chi connectivity index (χ0n) is 12.0. The number of carbonyl (C=O) groups excluding carboxylic acids is 1. The van der Waals surface area contributed by atoms with Gasteiger partial charge in [0.2, 0.25) is 5.91 Å². The fourth-order valence-electron chi connectivity index (χ4n) is 3.02. The van der Waals surface area contributed by atoms with Crippen LogP contribution in [0.5, 0.6) is 0 Å². The van der Waals surface area contributed by atoms with Crippen LogP contribution in [0.1, 0.15) is 19.3 Å². The van der Waals surface area contributed by atoms with E-state index in [0.29, 0.717) is 6.42 Å². The molecule has 0 bridgehead atoms. The Balaban J connectivity index is 1.75. The smallest absolute Gasteiger partial charge is 0.234 e. The number of nitriles is 1. The summed E-state index contributed by atoms with van der Waals surface area (Å²) in [6, 6.07) is 1.99. The molecule has 2 atom stereocenters. The number of morpholine rings is 1. The first kappa shape index (κ1) is 15.2. The Labute approximate surface area is 120 Å². The third-order valence-electron chi connectivity index (χ3n) is 4.25. The number of rotatable bonds is 5. The molecule has 0 saturated carbocycles. The van der Waals surface area contributed by atoms with Gasteiger partial charge in [-0.1, -0.05) is 0 Å². The molecular formula is C14H24N4O2. The Morgan fingerprint density at radius 3 is 2.70 bits per heavy atom. The summed E-state index contributed by atoms with van der Waals surface area (Å²) in [6.07, 6.45) is 2.46. The summed E-state index contributed by atoms with van der Waals surface area (Å²) in [5, 5.41) is 8.98. The first-order valence-electron chi connectivity index (χ1n) is 7.44. The standard InChI is InChI=1S/C14H24N4O2/c15-11-12-2-5-18(13(10-12)14(16)19)4-1-3-17-6-8-20-9-7-17/h12-13H,1-10H2,(H2,16,19). The average molecular weight is 280 g/mol. The molecular weight excluding hydrogens is 256 g/mol. The number of ether oxygens (including phenoxy) is 1. The summed E-state index contributed by atoms with van der Waals surface area (Å²) in [5.41, 5.74) is 5.47. The number of nitrogens with two attached hydrogens (primary N) is 1. The summed E-state index contributed by atoms with van der Waals surface area (Å²) in [6.45, 7) is 6.34. The minimum Gasteiger partial charge on any atom is -0.379 e. The van der Waals surface area contributed by atoms with Crippen molar-refractivity contribution in [3.05, 3.63) is 0 Å². The Kier molecular flexibility index (Phi) is 5.77. The maximum absolute atomic E-state index is 11.5. The fourth-order valence-corrected chi connectivity index (χ4v) is 3.02. The lowest BCUT2D eigenvalue weighted by atomic mass is 9.91. The van der Waals surface area contributed by atoms with Gasteiger partial charge in [0.25, 0.3) is 0 Å². The van der Waals surface area contributed by atoms with Crippen LogP contribution in [0, 0.1) is 17.2 Å². The third kappa shape index (κ3) is 4.17. The average Bonchev–Trinajstić information content (AvgIpc) is 2.48. The SMILES string of the molecule is N#CC1CCN(CCCN2CCOCC2)C(C(N)=O)C1. The van der Waals surface area contributed by atoms with E-state index in [0.717, 1.165) is 58.8 Å². The Hall–Kier alpha value is -1.16. The lowest BCUT2D eigenvalue weighted by Crippen LogP contribution is -2.50. The van der Waals surface area contributed by atoms with Gasteiger partial charge in [-0.15, -0.1) is 0 Å². The maximum Gasteiger partial charge on any atom is 0.234 e. The van der Waals surface area contributed by atoms with E-state index >= 15 is 0 Å². The van der Waals surface area contributed by atoms with E-state index in [1.54, 1.807) is 0 Å². The third-order valence-corrected chi connectivity index (χ3v) is 4.25. The molecule has 2 N–H and O–H groups in total. The molecule has 0 aromatic carbocycles. The highest BCUT2D eigenvalue weighted by atomic mass is 16.5. The summed E-state index contributed by atoms with van der Waals surface area (Å²) >= 11 is 0. The van der Waals surface area contributed by atoms with Crippen LogP contribution in [-0.4, -0.2) is 67.7 Å². The van der Waals surface area contributed by atoms with E-state index in [9.17, 15) is 4.79 Å². The highest BCUT2D eigenvalue weighted by Gasteiger charge is 2.31. The molecule has 112 valence electrons. The summed E-state index contributed by atoms with van der Waals surface area (Å²) in [4.78, 5) is 16.1. The van der Waals surface area contributed by atoms with Gasteiger partial charge in [-0.25, -0.2) is 0 Å². The highest BCUT2D eigenvalue weighted by Crippen LogP contribution is 2.22. The van der Waals surface area contributed by atoms with Gasteiger partial charge >= 0.3 is 0 Å². The minimum atomic E-state index is -0.295. The molecule has 2 rings (SSSR count). The lowest BCUT2D eigenvalue weighted by molar-refractivity contribution is -0.124. The number of hydrogen-bond acceptors (Lipinski definition) is 5. The molecule has 0 spiro atoms. The van der Waals surface area contributed by atoms with E-state index in [2.05, 4.69) is 15.9 Å². The van der Waals surface area contributed by atoms with Crippen LogP contribution >= 0.6 is 0 Å². The predicted molar refractivity (Wildman–Crippen MR) is 74.8 cm³/mol. The normalized spacial score (nSPS) is 28.9. The van der Waals surface area contributed by atoms with Gasteiger partial charge in [0, 0.05) is 32.1 Å². The van der Waals surface area contributed by atoms with Crippen LogP contribution in [0.25, 0.3) is 0 Å². The maximum atomic E-state index is 11.5. The molecule has 2 heterocycles. The number of carbonyl (C=O) groups is 1. The number of hydrogen-bond donors (Lipinski definition) is 1. The Morgan fingerprint density at radius 2 is 2.05 bits per heavy atom. The van der Waals surface area contributed by atoms with Crippen LogP contribution in [0.2, 0.25) is 0 Å². The van der Waals surface area contributed by atoms with E-state index < -0.39 is 0 Å². The monoisotopic (exact) mass is 280 g/mol. The number of likely N-dealkylation sites (tertiary alicyclic amines) is 1. The van der Waals surface area contributed by atoms with E-state index in [1.807, 2.05) is 0 Å². The Bertz CT molecular complexity index is 363. The van der Waals surface area contributed by atoms with Crippen molar-refractivity contribution in [2.45, 2.75) is 25.3 Å². The van der Waals surface area contributed by atoms with Gasteiger partial charge < -0.3 is 10.5 Å². The molecule has 0 radical (unpaired) electrons. The molecule has 2 unspecified atom stereocenters.